The van der Waals surface area contributed by atoms with Gasteiger partial charge in [-0.15, -0.1) is 11.8 Å². The number of benzene rings is 2. The van der Waals surface area contributed by atoms with Gasteiger partial charge in [-0.2, -0.15) is 4.98 Å². The maximum atomic E-state index is 12.1. The Hall–Kier alpha value is -2.97. The van der Waals surface area contributed by atoms with E-state index in [4.69, 9.17) is 5.73 Å². The van der Waals surface area contributed by atoms with Crippen LogP contribution in [0.15, 0.2) is 70.2 Å². The maximum absolute atomic E-state index is 12.1. The summed E-state index contributed by atoms with van der Waals surface area (Å²) in [6, 6.07) is 17.4. The van der Waals surface area contributed by atoms with E-state index >= 15 is 0 Å². The van der Waals surface area contributed by atoms with Crippen LogP contribution in [0, 0.1) is 0 Å². The van der Waals surface area contributed by atoms with E-state index in [1.165, 1.54) is 0 Å². The minimum atomic E-state index is -0.613. The van der Waals surface area contributed by atoms with Crippen LogP contribution in [0.3, 0.4) is 0 Å². The van der Waals surface area contributed by atoms with E-state index in [0.29, 0.717) is 22.5 Å². The monoisotopic (exact) mass is 465 g/mol. The Balaban J connectivity index is 1.78. The van der Waals surface area contributed by atoms with Crippen molar-refractivity contribution in [3.05, 3.63) is 71.0 Å². The summed E-state index contributed by atoms with van der Waals surface area (Å²) in [6.45, 7) is 0. The van der Waals surface area contributed by atoms with Crippen molar-refractivity contribution >= 4 is 56.3 Å². The molecule has 0 unspecified atom stereocenters. The molecular formula is C21H16BrN5OS. The van der Waals surface area contributed by atoms with Gasteiger partial charge in [0, 0.05) is 32.2 Å². The van der Waals surface area contributed by atoms with E-state index in [-0.39, 0.29) is 5.69 Å². The minimum absolute atomic E-state index is 0.165. The highest BCUT2D eigenvalue weighted by Crippen LogP contribution is 2.32. The van der Waals surface area contributed by atoms with E-state index in [0.717, 1.165) is 20.6 Å². The van der Waals surface area contributed by atoms with Crippen LogP contribution in [0.5, 0.6) is 0 Å². The van der Waals surface area contributed by atoms with E-state index in [1.807, 2.05) is 60.9 Å². The molecule has 29 heavy (non-hydrogen) atoms. The van der Waals surface area contributed by atoms with Crippen LogP contribution in [0.4, 0.5) is 11.6 Å². The molecule has 2 aromatic carbocycles. The molecule has 0 radical (unpaired) electrons. The first-order chi connectivity index (χ1) is 14.0. The zero-order chi connectivity index (χ0) is 20.4. The van der Waals surface area contributed by atoms with Crippen molar-refractivity contribution in [1.29, 1.82) is 0 Å². The van der Waals surface area contributed by atoms with Gasteiger partial charge >= 0.3 is 0 Å². The smallest absolute Gasteiger partial charge is 0.268 e. The van der Waals surface area contributed by atoms with Crippen LogP contribution >= 0.6 is 27.7 Å². The Kier molecular flexibility index (Phi) is 5.46. The number of nitrogens with zero attached hydrogens (tertiary/aromatic N) is 3. The van der Waals surface area contributed by atoms with Gasteiger partial charge in [0.15, 0.2) is 5.65 Å². The second kappa shape index (κ2) is 8.18. The highest BCUT2D eigenvalue weighted by atomic mass is 79.9. The lowest BCUT2D eigenvalue weighted by Crippen LogP contribution is -2.15. The van der Waals surface area contributed by atoms with Crippen LogP contribution in [0.1, 0.15) is 10.5 Å². The summed E-state index contributed by atoms with van der Waals surface area (Å²) in [7, 11) is 0. The molecule has 2 heterocycles. The maximum Gasteiger partial charge on any atom is 0.268 e. The van der Waals surface area contributed by atoms with Crippen molar-refractivity contribution in [2.45, 2.75) is 4.90 Å². The third-order valence-electron chi connectivity index (χ3n) is 4.29. The number of hydrogen-bond donors (Lipinski definition) is 2. The number of aromatic nitrogens is 3. The Morgan fingerprint density at radius 3 is 2.66 bits per heavy atom. The lowest BCUT2D eigenvalue weighted by molar-refractivity contribution is 0.0996. The quantitative estimate of drug-likeness (QED) is 0.402. The number of nitrogens with two attached hydrogens (primary N) is 1. The molecule has 0 atom stereocenters. The van der Waals surface area contributed by atoms with Crippen LogP contribution < -0.4 is 11.1 Å². The molecule has 1 amide bonds. The fraction of sp³-hybridized carbons (Fsp3) is 0.0476. The Morgan fingerprint density at radius 1 is 1.07 bits per heavy atom. The molecule has 0 fully saturated rings. The van der Waals surface area contributed by atoms with E-state index in [2.05, 4.69) is 36.2 Å². The van der Waals surface area contributed by atoms with Crippen molar-refractivity contribution in [1.82, 2.24) is 15.0 Å². The number of halogens is 1. The van der Waals surface area contributed by atoms with Gasteiger partial charge in [-0.25, -0.2) is 9.97 Å². The average Bonchev–Trinajstić information content (AvgIpc) is 2.73. The summed E-state index contributed by atoms with van der Waals surface area (Å²) in [5.74, 6) is -0.217. The fourth-order valence-corrected chi connectivity index (χ4v) is 3.88. The van der Waals surface area contributed by atoms with Crippen molar-refractivity contribution in [3.63, 3.8) is 0 Å². The fourth-order valence-electron chi connectivity index (χ4n) is 2.93. The lowest BCUT2D eigenvalue weighted by Gasteiger charge is -2.11. The van der Waals surface area contributed by atoms with Gasteiger partial charge in [-0.3, -0.25) is 4.79 Å². The predicted molar refractivity (Wildman–Crippen MR) is 120 cm³/mol. The van der Waals surface area contributed by atoms with Gasteiger partial charge in [-0.1, -0.05) is 40.2 Å². The topological polar surface area (TPSA) is 93.8 Å². The first kappa shape index (κ1) is 19.4. The number of carbonyl (C=O) groups excluding carboxylic acids is 1. The highest BCUT2D eigenvalue weighted by molar-refractivity contribution is 9.10. The molecule has 8 heteroatoms. The largest absolute Gasteiger partial charge is 0.364 e. The van der Waals surface area contributed by atoms with E-state index in [1.54, 1.807) is 18.0 Å². The first-order valence-corrected chi connectivity index (χ1v) is 10.7. The molecule has 0 saturated carbocycles. The number of rotatable bonds is 5. The number of primary amides is 1. The average molecular weight is 466 g/mol. The van der Waals surface area contributed by atoms with Gasteiger partial charge in [0.25, 0.3) is 5.91 Å². The summed E-state index contributed by atoms with van der Waals surface area (Å²) in [4.78, 5) is 26.5. The molecule has 6 nitrogen and oxygen atoms in total. The molecule has 0 aliphatic rings. The second-order valence-electron chi connectivity index (χ2n) is 6.19. The standard InChI is InChI=1S/C21H16BrN5OS/c1-29-14-6-4-5-13(10-14)25-21-24-11-12-9-16(15-7-2-3-8-17(15)22)18(19(23)28)26-20(12)27-21/h2-11H,1H3,(H2,23,28)(H,24,25,26,27). The summed E-state index contributed by atoms with van der Waals surface area (Å²) in [6.07, 6.45) is 3.70. The zero-order valence-electron chi connectivity index (χ0n) is 15.4. The number of amides is 1. The third-order valence-corrected chi connectivity index (χ3v) is 5.71. The number of fused-ring (bicyclic) bond motifs is 1. The molecular weight excluding hydrogens is 450 g/mol. The van der Waals surface area contributed by atoms with Crippen molar-refractivity contribution in [3.8, 4) is 11.1 Å². The molecule has 4 rings (SSSR count). The molecule has 144 valence electrons. The molecule has 0 spiro atoms. The molecule has 0 bridgehead atoms. The molecule has 0 aliphatic carbocycles. The second-order valence-corrected chi connectivity index (χ2v) is 7.93. The number of carbonyl (C=O) groups is 1. The number of hydrogen-bond acceptors (Lipinski definition) is 6. The van der Waals surface area contributed by atoms with Crippen LogP contribution in [-0.4, -0.2) is 27.1 Å². The molecule has 0 aliphatic heterocycles. The Bertz CT molecular complexity index is 1230. The normalized spacial score (nSPS) is 10.8. The lowest BCUT2D eigenvalue weighted by atomic mass is 10.0. The summed E-state index contributed by atoms with van der Waals surface area (Å²) < 4.78 is 0.844. The first-order valence-electron chi connectivity index (χ1n) is 8.69. The minimum Gasteiger partial charge on any atom is -0.364 e. The predicted octanol–water partition coefficient (Wildman–Crippen LogP) is 5.02. The van der Waals surface area contributed by atoms with Gasteiger partial charge in [0.1, 0.15) is 5.69 Å². The summed E-state index contributed by atoms with van der Waals surface area (Å²) in [5, 5.41) is 3.89. The highest BCUT2D eigenvalue weighted by Gasteiger charge is 2.16. The summed E-state index contributed by atoms with van der Waals surface area (Å²) in [5.41, 5.74) is 8.50. The molecule has 3 N–H and O–H groups in total. The van der Waals surface area contributed by atoms with Gasteiger partial charge in [-0.05, 0) is 42.2 Å². The van der Waals surface area contributed by atoms with Gasteiger partial charge in [0.05, 0.1) is 0 Å². The Morgan fingerprint density at radius 2 is 1.90 bits per heavy atom. The van der Waals surface area contributed by atoms with Crippen LogP contribution in [0.2, 0.25) is 0 Å². The number of thioether (sulfide) groups is 1. The summed E-state index contributed by atoms with van der Waals surface area (Å²) >= 11 is 5.17. The van der Waals surface area contributed by atoms with E-state index < -0.39 is 5.91 Å². The van der Waals surface area contributed by atoms with E-state index in [9.17, 15) is 4.79 Å². The van der Waals surface area contributed by atoms with Crippen molar-refractivity contribution in [2.24, 2.45) is 5.73 Å². The van der Waals surface area contributed by atoms with Gasteiger partial charge < -0.3 is 11.1 Å². The molecule has 4 aromatic rings. The third kappa shape index (κ3) is 4.08. The number of anilines is 2. The zero-order valence-corrected chi connectivity index (χ0v) is 17.8. The number of nitrogens with one attached hydrogen (secondary N) is 1. The molecule has 0 saturated heterocycles. The van der Waals surface area contributed by atoms with Crippen LogP contribution in [-0.2, 0) is 0 Å². The Labute approximate surface area is 180 Å². The van der Waals surface area contributed by atoms with Crippen molar-refractivity contribution < 1.29 is 4.79 Å². The van der Waals surface area contributed by atoms with Gasteiger partial charge in [0.2, 0.25) is 5.95 Å². The number of pyridine rings is 1. The molecule has 2 aromatic heterocycles. The van der Waals surface area contributed by atoms with Crippen LogP contribution in [0.25, 0.3) is 22.2 Å². The SMILES string of the molecule is CSc1cccc(Nc2ncc3cc(-c4ccccc4Br)c(C(N)=O)nc3n2)c1. The van der Waals surface area contributed by atoms with Crippen molar-refractivity contribution in [2.75, 3.05) is 11.6 Å².